The molecule has 0 aliphatic carbocycles. The molecule has 35 heavy (non-hydrogen) atoms. The molecule has 0 heterocycles. The lowest BCUT2D eigenvalue weighted by Gasteiger charge is -2.13. The van der Waals surface area contributed by atoms with Gasteiger partial charge in [-0.25, -0.2) is 0 Å². The summed E-state index contributed by atoms with van der Waals surface area (Å²) in [4.78, 5) is 12.7. The SMILES string of the molecule is CCOc1cc(/C=C(\C#N)C(=O)Nc2ccc(OCc3ccc(C)cc3)cc2)cc(Cl)c1OCC. The van der Waals surface area contributed by atoms with E-state index in [2.05, 4.69) is 5.32 Å². The topological polar surface area (TPSA) is 80.6 Å². The zero-order chi connectivity index (χ0) is 25.2. The lowest BCUT2D eigenvalue weighted by atomic mass is 10.1. The molecule has 3 rings (SSSR count). The minimum atomic E-state index is -0.538. The van der Waals surface area contributed by atoms with E-state index in [0.717, 1.165) is 5.56 Å². The van der Waals surface area contributed by atoms with Gasteiger partial charge in [0.25, 0.3) is 5.91 Å². The van der Waals surface area contributed by atoms with Crippen LogP contribution < -0.4 is 19.5 Å². The summed E-state index contributed by atoms with van der Waals surface area (Å²) < 4.78 is 17.0. The summed E-state index contributed by atoms with van der Waals surface area (Å²) in [6, 6.07) is 20.3. The van der Waals surface area contributed by atoms with Gasteiger partial charge in [0.15, 0.2) is 11.5 Å². The molecule has 1 N–H and O–H groups in total. The maximum Gasteiger partial charge on any atom is 0.266 e. The van der Waals surface area contributed by atoms with Crippen molar-refractivity contribution < 1.29 is 19.0 Å². The molecule has 0 aliphatic heterocycles. The van der Waals surface area contributed by atoms with Gasteiger partial charge in [0, 0.05) is 5.69 Å². The normalized spacial score (nSPS) is 10.9. The first-order chi connectivity index (χ1) is 16.9. The standard InChI is InChI=1S/C28H27ClN2O4/c1-4-33-26-16-21(15-25(29)27(26)34-5-2)14-22(17-30)28(32)31-23-10-12-24(13-11-23)35-18-20-8-6-19(3)7-9-20/h6-16H,4-5,18H2,1-3H3,(H,31,32)/b22-14+. The molecule has 0 saturated carbocycles. The van der Waals surface area contributed by atoms with Crippen LogP contribution in [0.3, 0.4) is 0 Å². The third-order valence-electron chi connectivity index (χ3n) is 4.93. The highest BCUT2D eigenvalue weighted by Crippen LogP contribution is 2.37. The molecule has 0 spiro atoms. The third-order valence-corrected chi connectivity index (χ3v) is 5.22. The van der Waals surface area contributed by atoms with E-state index >= 15 is 0 Å². The molecule has 7 heteroatoms. The number of nitriles is 1. The predicted molar refractivity (Wildman–Crippen MR) is 138 cm³/mol. The van der Waals surface area contributed by atoms with Gasteiger partial charge >= 0.3 is 0 Å². The first-order valence-electron chi connectivity index (χ1n) is 11.2. The zero-order valence-corrected chi connectivity index (χ0v) is 20.7. The fourth-order valence-corrected chi connectivity index (χ4v) is 3.49. The number of amides is 1. The molecule has 180 valence electrons. The highest BCUT2D eigenvalue weighted by molar-refractivity contribution is 6.32. The quantitative estimate of drug-likeness (QED) is 0.257. The highest BCUT2D eigenvalue weighted by Gasteiger charge is 2.14. The minimum Gasteiger partial charge on any atom is -0.490 e. The number of hydrogen-bond acceptors (Lipinski definition) is 5. The van der Waals surface area contributed by atoms with E-state index in [9.17, 15) is 10.1 Å². The van der Waals surface area contributed by atoms with Crippen LogP contribution in [0.1, 0.15) is 30.5 Å². The summed E-state index contributed by atoms with van der Waals surface area (Å²) in [6.07, 6.45) is 1.46. The first kappa shape index (κ1) is 25.7. The summed E-state index contributed by atoms with van der Waals surface area (Å²) in [6.45, 7) is 7.02. The Hall–Kier alpha value is -3.95. The first-order valence-corrected chi connectivity index (χ1v) is 11.6. The van der Waals surface area contributed by atoms with Crippen molar-refractivity contribution in [1.82, 2.24) is 0 Å². The van der Waals surface area contributed by atoms with E-state index in [1.165, 1.54) is 11.6 Å². The molecule has 0 aliphatic rings. The average molecular weight is 491 g/mol. The molecule has 0 atom stereocenters. The number of carbonyl (C=O) groups excluding carboxylic acids is 1. The van der Waals surface area contributed by atoms with Gasteiger partial charge < -0.3 is 19.5 Å². The molecule has 1 amide bonds. The fourth-order valence-electron chi connectivity index (χ4n) is 3.22. The summed E-state index contributed by atoms with van der Waals surface area (Å²) in [7, 11) is 0. The van der Waals surface area contributed by atoms with Crippen molar-refractivity contribution >= 4 is 29.3 Å². The smallest absolute Gasteiger partial charge is 0.266 e. The Morgan fingerprint density at radius 3 is 2.31 bits per heavy atom. The monoisotopic (exact) mass is 490 g/mol. The van der Waals surface area contributed by atoms with Crippen molar-refractivity contribution in [3.63, 3.8) is 0 Å². The second kappa shape index (κ2) is 12.5. The van der Waals surface area contributed by atoms with E-state index in [-0.39, 0.29) is 5.57 Å². The van der Waals surface area contributed by atoms with Crippen LogP contribution in [0.15, 0.2) is 66.2 Å². The number of nitrogens with zero attached hydrogens (tertiary/aromatic N) is 1. The van der Waals surface area contributed by atoms with E-state index in [1.54, 1.807) is 36.4 Å². The lowest BCUT2D eigenvalue weighted by molar-refractivity contribution is -0.112. The van der Waals surface area contributed by atoms with Crippen LogP contribution in [0.5, 0.6) is 17.2 Å². The van der Waals surface area contributed by atoms with Crippen LogP contribution in [0.25, 0.3) is 6.08 Å². The maximum atomic E-state index is 12.7. The number of ether oxygens (including phenoxy) is 3. The van der Waals surface area contributed by atoms with Gasteiger partial charge in [-0.05, 0) is 74.4 Å². The van der Waals surface area contributed by atoms with Crippen molar-refractivity contribution in [2.45, 2.75) is 27.4 Å². The molecule has 0 radical (unpaired) electrons. The van der Waals surface area contributed by atoms with E-state index in [0.29, 0.717) is 53.3 Å². The highest BCUT2D eigenvalue weighted by atomic mass is 35.5. The van der Waals surface area contributed by atoms with Crippen LogP contribution in [0, 0.1) is 18.3 Å². The molecule has 6 nitrogen and oxygen atoms in total. The Kier molecular flexibility index (Phi) is 9.16. The summed E-state index contributed by atoms with van der Waals surface area (Å²) in [5.41, 5.74) is 3.28. The molecule has 0 aromatic heterocycles. The van der Waals surface area contributed by atoms with Gasteiger partial charge in [-0.2, -0.15) is 5.26 Å². The van der Waals surface area contributed by atoms with Crippen LogP contribution in [-0.4, -0.2) is 19.1 Å². The summed E-state index contributed by atoms with van der Waals surface area (Å²) in [5.74, 6) is 1.02. The minimum absolute atomic E-state index is 0.0765. The summed E-state index contributed by atoms with van der Waals surface area (Å²) >= 11 is 6.34. The van der Waals surface area contributed by atoms with Crippen molar-refractivity contribution in [2.75, 3.05) is 18.5 Å². The van der Waals surface area contributed by atoms with Crippen LogP contribution in [0.2, 0.25) is 5.02 Å². The van der Waals surface area contributed by atoms with Gasteiger partial charge in [-0.1, -0.05) is 41.4 Å². The van der Waals surface area contributed by atoms with Crippen LogP contribution in [-0.2, 0) is 11.4 Å². The van der Waals surface area contributed by atoms with Gasteiger partial charge in [-0.3, -0.25) is 4.79 Å². The van der Waals surface area contributed by atoms with Crippen molar-refractivity contribution in [3.8, 4) is 23.3 Å². The Labute approximate surface area is 210 Å². The zero-order valence-electron chi connectivity index (χ0n) is 19.9. The second-order valence-electron chi connectivity index (χ2n) is 7.62. The number of rotatable bonds is 10. The van der Waals surface area contributed by atoms with E-state index in [4.69, 9.17) is 25.8 Å². The number of anilines is 1. The Morgan fingerprint density at radius 2 is 1.69 bits per heavy atom. The predicted octanol–water partition coefficient (Wildman–Crippen LogP) is 6.57. The molecular weight excluding hydrogens is 464 g/mol. The largest absolute Gasteiger partial charge is 0.490 e. The number of nitrogens with one attached hydrogen (secondary N) is 1. The number of carbonyl (C=O) groups is 1. The van der Waals surface area contributed by atoms with Gasteiger partial charge in [0.05, 0.1) is 18.2 Å². The second-order valence-corrected chi connectivity index (χ2v) is 8.03. The Balaban J connectivity index is 1.69. The van der Waals surface area contributed by atoms with Gasteiger partial charge in [0.1, 0.15) is 24.0 Å². The van der Waals surface area contributed by atoms with Gasteiger partial charge in [-0.15, -0.1) is 0 Å². The Bertz CT molecular complexity index is 1230. The number of benzene rings is 3. The number of hydrogen-bond donors (Lipinski definition) is 1. The molecule has 0 bridgehead atoms. The van der Waals surface area contributed by atoms with Crippen molar-refractivity contribution in [2.24, 2.45) is 0 Å². The average Bonchev–Trinajstić information content (AvgIpc) is 2.85. The van der Waals surface area contributed by atoms with E-state index < -0.39 is 5.91 Å². The molecule has 3 aromatic carbocycles. The number of aryl methyl sites for hydroxylation is 1. The summed E-state index contributed by atoms with van der Waals surface area (Å²) in [5, 5.41) is 12.6. The van der Waals surface area contributed by atoms with Crippen molar-refractivity contribution in [3.05, 3.63) is 87.9 Å². The van der Waals surface area contributed by atoms with Crippen LogP contribution >= 0.6 is 11.6 Å². The molecule has 0 unspecified atom stereocenters. The molecule has 3 aromatic rings. The van der Waals surface area contributed by atoms with E-state index in [1.807, 2.05) is 51.1 Å². The molecule has 0 fully saturated rings. The Morgan fingerprint density at radius 1 is 1.00 bits per heavy atom. The fraction of sp³-hybridized carbons (Fsp3) is 0.214. The van der Waals surface area contributed by atoms with Crippen LogP contribution in [0.4, 0.5) is 5.69 Å². The lowest BCUT2D eigenvalue weighted by Crippen LogP contribution is -2.13. The third kappa shape index (κ3) is 7.26. The molecule has 0 saturated heterocycles. The number of halogens is 1. The maximum absolute atomic E-state index is 12.7. The van der Waals surface area contributed by atoms with Gasteiger partial charge in [0.2, 0.25) is 0 Å². The van der Waals surface area contributed by atoms with Crippen molar-refractivity contribution in [1.29, 1.82) is 5.26 Å². The molecular formula is C28H27ClN2O4.